The number of furan rings is 2. The summed E-state index contributed by atoms with van der Waals surface area (Å²) in [7, 11) is 0. The summed E-state index contributed by atoms with van der Waals surface area (Å²) in [5.41, 5.74) is 9.17. The molecule has 6 nitrogen and oxygen atoms in total. The van der Waals surface area contributed by atoms with E-state index < -0.39 is 0 Å². The Bertz CT molecular complexity index is 3100. The zero-order valence-electron chi connectivity index (χ0n) is 27.1. The quantitative estimate of drug-likeness (QED) is 0.189. The highest BCUT2D eigenvalue weighted by molar-refractivity contribution is 6.15. The van der Waals surface area contributed by atoms with E-state index in [1.54, 1.807) is 0 Å². The molecule has 11 aromatic rings. The minimum Gasteiger partial charge on any atom is -0.455 e. The van der Waals surface area contributed by atoms with E-state index >= 15 is 0 Å². The van der Waals surface area contributed by atoms with Crippen LogP contribution in [0, 0.1) is 0 Å². The fourth-order valence-electron chi connectivity index (χ4n) is 7.56. The van der Waals surface area contributed by atoms with Crippen LogP contribution < -0.4 is 0 Å². The molecule has 0 saturated heterocycles. The summed E-state index contributed by atoms with van der Waals surface area (Å²) in [5.74, 6) is 1.76. The van der Waals surface area contributed by atoms with Gasteiger partial charge in [-0.05, 0) is 36.4 Å². The van der Waals surface area contributed by atoms with Gasteiger partial charge in [0.1, 0.15) is 22.3 Å². The molecule has 0 saturated carbocycles. The SMILES string of the molecule is c1ccc(-c2nc(-c3ccc4oc5c(-c6cccc7c6oc6ccccc67)cccc5c4c3)nc(-n3c4ccccc4c4ccccc43)n2)cc1. The van der Waals surface area contributed by atoms with E-state index in [0.717, 1.165) is 87.9 Å². The maximum atomic E-state index is 6.62. The van der Waals surface area contributed by atoms with Crippen LogP contribution in [0.2, 0.25) is 0 Å². The Morgan fingerprint density at radius 3 is 1.59 bits per heavy atom. The molecule has 0 spiro atoms. The van der Waals surface area contributed by atoms with Crippen LogP contribution in [0.3, 0.4) is 0 Å². The maximum Gasteiger partial charge on any atom is 0.238 e. The van der Waals surface area contributed by atoms with Crippen LogP contribution >= 0.6 is 0 Å². The lowest BCUT2D eigenvalue weighted by molar-refractivity contribution is 0.665. The van der Waals surface area contributed by atoms with E-state index in [2.05, 4.69) is 102 Å². The predicted molar refractivity (Wildman–Crippen MR) is 205 cm³/mol. The molecule has 6 heteroatoms. The number of hydrogen-bond acceptors (Lipinski definition) is 5. The van der Waals surface area contributed by atoms with Crippen molar-refractivity contribution in [1.82, 2.24) is 19.5 Å². The Hall–Kier alpha value is -7.05. The molecule has 4 heterocycles. The standard InChI is InChI=1S/C45H26N4O2/c1-2-12-27(13-3-1)43-46-44(48-45(47-43)49-37-21-7-4-14-29(37)30-15-5-8-22-38(30)49)28-24-25-40-36(26-28)35-20-11-19-34(42(35)51-40)33-18-10-17-32-31-16-6-9-23-39(31)50-41(32)33/h1-26H. The molecule has 0 amide bonds. The molecule has 51 heavy (non-hydrogen) atoms. The number of nitrogens with zero attached hydrogens (tertiary/aromatic N) is 4. The Morgan fingerprint density at radius 2 is 0.902 bits per heavy atom. The molecule has 0 radical (unpaired) electrons. The number of fused-ring (bicyclic) bond motifs is 9. The fraction of sp³-hybridized carbons (Fsp3) is 0. The summed E-state index contributed by atoms with van der Waals surface area (Å²) in [6.45, 7) is 0. The first-order valence-corrected chi connectivity index (χ1v) is 16.9. The van der Waals surface area contributed by atoms with Crippen molar-refractivity contribution in [1.29, 1.82) is 0 Å². The van der Waals surface area contributed by atoms with Gasteiger partial charge in [0.15, 0.2) is 11.6 Å². The van der Waals surface area contributed by atoms with E-state index in [4.69, 9.17) is 23.8 Å². The van der Waals surface area contributed by atoms with Gasteiger partial charge in [-0.25, -0.2) is 4.98 Å². The fourth-order valence-corrected chi connectivity index (χ4v) is 7.56. The maximum absolute atomic E-state index is 6.62. The van der Waals surface area contributed by atoms with E-state index in [-0.39, 0.29) is 0 Å². The van der Waals surface area contributed by atoms with Crippen LogP contribution in [0.15, 0.2) is 167 Å². The van der Waals surface area contributed by atoms with Crippen molar-refractivity contribution in [2.24, 2.45) is 0 Å². The number of hydrogen-bond donors (Lipinski definition) is 0. The Labute approximate surface area is 290 Å². The van der Waals surface area contributed by atoms with E-state index in [0.29, 0.717) is 17.6 Å². The Balaban J connectivity index is 1.12. The van der Waals surface area contributed by atoms with Crippen LogP contribution in [0.1, 0.15) is 0 Å². The second-order valence-electron chi connectivity index (χ2n) is 12.8. The molecule has 11 rings (SSSR count). The third-order valence-electron chi connectivity index (χ3n) is 9.89. The van der Waals surface area contributed by atoms with Crippen molar-refractivity contribution in [3.63, 3.8) is 0 Å². The number of rotatable bonds is 4. The average molecular weight is 655 g/mol. The number of aromatic nitrogens is 4. The van der Waals surface area contributed by atoms with Gasteiger partial charge in [0.25, 0.3) is 0 Å². The highest BCUT2D eigenvalue weighted by atomic mass is 16.3. The normalized spacial score (nSPS) is 11.9. The summed E-state index contributed by atoms with van der Waals surface area (Å²) in [6.07, 6.45) is 0. The van der Waals surface area contributed by atoms with Crippen molar-refractivity contribution in [3.05, 3.63) is 158 Å². The summed E-state index contributed by atoms with van der Waals surface area (Å²) in [5, 5.41) is 6.48. The van der Waals surface area contributed by atoms with Crippen molar-refractivity contribution in [3.8, 4) is 39.9 Å². The van der Waals surface area contributed by atoms with Gasteiger partial charge >= 0.3 is 0 Å². The minimum atomic E-state index is 0.564. The summed E-state index contributed by atoms with van der Waals surface area (Å²) < 4.78 is 15.2. The lowest BCUT2D eigenvalue weighted by atomic mass is 9.99. The number of para-hydroxylation sites is 5. The number of benzene rings is 7. The van der Waals surface area contributed by atoms with E-state index in [9.17, 15) is 0 Å². The largest absolute Gasteiger partial charge is 0.455 e. The molecule has 0 bridgehead atoms. The molecule has 0 aliphatic rings. The summed E-state index contributed by atoms with van der Waals surface area (Å²) in [6, 6.07) is 53.8. The Kier molecular flexibility index (Phi) is 5.86. The lowest BCUT2D eigenvalue weighted by Gasteiger charge is -2.11. The zero-order chi connectivity index (χ0) is 33.5. The summed E-state index contributed by atoms with van der Waals surface area (Å²) >= 11 is 0. The topological polar surface area (TPSA) is 69.9 Å². The van der Waals surface area contributed by atoms with Crippen molar-refractivity contribution >= 4 is 65.7 Å². The van der Waals surface area contributed by atoms with Crippen molar-refractivity contribution in [2.75, 3.05) is 0 Å². The second kappa shape index (κ2) is 10.7. The first-order valence-electron chi connectivity index (χ1n) is 16.9. The Morgan fingerprint density at radius 1 is 0.373 bits per heavy atom. The van der Waals surface area contributed by atoms with E-state index in [1.807, 2.05) is 60.7 Å². The van der Waals surface area contributed by atoms with Gasteiger partial charge < -0.3 is 8.83 Å². The molecule has 4 aromatic heterocycles. The molecule has 0 unspecified atom stereocenters. The monoisotopic (exact) mass is 654 g/mol. The minimum absolute atomic E-state index is 0.564. The zero-order valence-corrected chi connectivity index (χ0v) is 27.1. The van der Waals surface area contributed by atoms with Crippen LogP contribution in [0.25, 0.3) is 106 Å². The van der Waals surface area contributed by atoms with Gasteiger partial charge in [-0.2, -0.15) is 9.97 Å². The molecule has 0 N–H and O–H groups in total. The molecule has 238 valence electrons. The average Bonchev–Trinajstić information content (AvgIpc) is 3.87. The molecule has 0 aliphatic heterocycles. The lowest BCUT2D eigenvalue weighted by Crippen LogP contribution is -2.06. The van der Waals surface area contributed by atoms with Gasteiger partial charge in [-0.1, -0.05) is 121 Å². The first kappa shape index (κ1) is 27.9. The second-order valence-corrected chi connectivity index (χ2v) is 12.8. The van der Waals surface area contributed by atoms with Crippen LogP contribution in [-0.2, 0) is 0 Å². The highest BCUT2D eigenvalue weighted by Crippen LogP contribution is 2.42. The van der Waals surface area contributed by atoms with Crippen molar-refractivity contribution < 1.29 is 8.83 Å². The van der Waals surface area contributed by atoms with Crippen molar-refractivity contribution in [2.45, 2.75) is 0 Å². The van der Waals surface area contributed by atoms with Crippen LogP contribution in [-0.4, -0.2) is 19.5 Å². The van der Waals surface area contributed by atoms with Gasteiger partial charge in [0.05, 0.1) is 11.0 Å². The molecule has 0 atom stereocenters. The molecule has 0 aliphatic carbocycles. The highest BCUT2D eigenvalue weighted by Gasteiger charge is 2.20. The van der Waals surface area contributed by atoms with Gasteiger partial charge in [0.2, 0.25) is 5.95 Å². The molecular formula is C45H26N4O2. The van der Waals surface area contributed by atoms with Crippen LogP contribution in [0.4, 0.5) is 0 Å². The third kappa shape index (κ3) is 4.20. The first-order chi connectivity index (χ1) is 25.3. The van der Waals surface area contributed by atoms with Gasteiger partial charge in [-0.15, -0.1) is 0 Å². The molecular weight excluding hydrogens is 629 g/mol. The van der Waals surface area contributed by atoms with Crippen LogP contribution in [0.5, 0.6) is 0 Å². The molecule has 7 aromatic carbocycles. The molecule has 0 fully saturated rings. The third-order valence-corrected chi connectivity index (χ3v) is 9.89. The van der Waals surface area contributed by atoms with Gasteiger partial charge in [0, 0.05) is 54.6 Å². The van der Waals surface area contributed by atoms with Gasteiger partial charge in [-0.3, -0.25) is 4.57 Å². The predicted octanol–water partition coefficient (Wildman–Crippen LogP) is 11.8. The summed E-state index contributed by atoms with van der Waals surface area (Å²) in [4.78, 5) is 15.3. The van der Waals surface area contributed by atoms with E-state index in [1.165, 1.54) is 0 Å². The smallest absolute Gasteiger partial charge is 0.238 e.